The number of nitrogens with zero attached hydrogens (tertiary/aromatic N) is 2. The molecule has 1 saturated heterocycles. The molecule has 1 aliphatic rings. The standard InChI is InChI=1S/C17H27N5O5/c1-26-15-3-2-14(22(24)25)12-16(15)27-17(23)13-21-10-8-19-6-4-18-5-7-20-9-11-21/h2-3,12,18-20H,4-11,13H2,1H3. The number of ether oxygens (including phenoxy) is 2. The summed E-state index contributed by atoms with van der Waals surface area (Å²) in [4.78, 5) is 24.7. The van der Waals surface area contributed by atoms with Crippen LogP contribution in [0.1, 0.15) is 0 Å². The van der Waals surface area contributed by atoms with E-state index >= 15 is 0 Å². The van der Waals surface area contributed by atoms with Gasteiger partial charge in [-0.1, -0.05) is 0 Å². The van der Waals surface area contributed by atoms with Gasteiger partial charge in [-0.3, -0.25) is 19.8 Å². The largest absolute Gasteiger partial charge is 0.493 e. The molecular weight excluding hydrogens is 354 g/mol. The summed E-state index contributed by atoms with van der Waals surface area (Å²) in [6, 6.07) is 3.92. The predicted molar refractivity (Wildman–Crippen MR) is 100 cm³/mol. The van der Waals surface area contributed by atoms with Crippen molar-refractivity contribution in [1.82, 2.24) is 20.9 Å². The summed E-state index contributed by atoms with van der Waals surface area (Å²) in [6.07, 6.45) is 0. The molecule has 1 heterocycles. The smallest absolute Gasteiger partial charge is 0.325 e. The molecule has 27 heavy (non-hydrogen) atoms. The van der Waals surface area contributed by atoms with Crippen molar-refractivity contribution in [3.05, 3.63) is 28.3 Å². The van der Waals surface area contributed by atoms with E-state index in [9.17, 15) is 14.9 Å². The zero-order chi connectivity index (χ0) is 19.5. The molecular formula is C17H27N5O5. The second kappa shape index (κ2) is 11.4. The van der Waals surface area contributed by atoms with Crippen molar-refractivity contribution >= 4 is 11.7 Å². The fourth-order valence-electron chi connectivity index (χ4n) is 2.67. The zero-order valence-electron chi connectivity index (χ0n) is 15.5. The lowest BCUT2D eigenvalue weighted by Crippen LogP contribution is -2.44. The van der Waals surface area contributed by atoms with Crippen molar-refractivity contribution in [2.45, 2.75) is 0 Å². The van der Waals surface area contributed by atoms with Gasteiger partial charge in [0.15, 0.2) is 11.5 Å². The highest BCUT2D eigenvalue weighted by Crippen LogP contribution is 2.31. The summed E-state index contributed by atoms with van der Waals surface area (Å²) in [5.41, 5.74) is -0.160. The number of hydrogen-bond acceptors (Lipinski definition) is 9. The average Bonchev–Trinajstić information content (AvgIpc) is 2.63. The molecule has 0 radical (unpaired) electrons. The maximum atomic E-state index is 12.4. The SMILES string of the molecule is COc1ccc([N+](=O)[O-])cc1OC(=O)CN1CCNCCNCCNCC1. The third-order valence-corrected chi connectivity index (χ3v) is 4.10. The molecule has 0 saturated carbocycles. The second-order valence-electron chi connectivity index (χ2n) is 6.09. The summed E-state index contributed by atoms with van der Waals surface area (Å²) < 4.78 is 10.5. The molecule has 1 aromatic rings. The number of esters is 1. The molecule has 0 spiro atoms. The van der Waals surface area contributed by atoms with Crippen LogP contribution in [-0.2, 0) is 4.79 Å². The molecule has 10 nitrogen and oxygen atoms in total. The fourth-order valence-corrected chi connectivity index (χ4v) is 2.67. The number of benzene rings is 1. The number of nitro groups is 1. The molecule has 1 aliphatic heterocycles. The Kier molecular flexibility index (Phi) is 8.92. The number of non-ortho nitro benzene ring substituents is 1. The number of nitrogens with one attached hydrogen (secondary N) is 3. The quantitative estimate of drug-likeness (QED) is 0.271. The Morgan fingerprint density at radius 3 is 2.22 bits per heavy atom. The van der Waals surface area contributed by atoms with Gasteiger partial charge in [0.25, 0.3) is 5.69 Å². The van der Waals surface area contributed by atoms with E-state index in [1.54, 1.807) is 0 Å². The molecule has 10 heteroatoms. The Morgan fingerprint density at radius 2 is 1.67 bits per heavy atom. The topological polar surface area (TPSA) is 118 Å². The van der Waals surface area contributed by atoms with E-state index in [0.29, 0.717) is 13.1 Å². The first-order valence-electron chi connectivity index (χ1n) is 8.98. The highest BCUT2D eigenvalue weighted by atomic mass is 16.6. The van der Waals surface area contributed by atoms with Gasteiger partial charge in [-0.05, 0) is 6.07 Å². The van der Waals surface area contributed by atoms with Gasteiger partial charge in [0.1, 0.15) is 0 Å². The maximum absolute atomic E-state index is 12.4. The van der Waals surface area contributed by atoms with Crippen molar-refractivity contribution < 1.29 is 19.2 Å². The highest BCUT2D eigenvalue weighted by molar-refractivity contribution is 5.75. The van der Waals surface area contributed by atoms with Gasteiger partial charge in [0.2, 0.25) is 0 Å². The van der Waals surface area contributed by atoms with Crippen LogP contribution in [0.2, 0.25) is 0 Å². The van der Waals surface area contributed by atoms with Crippen LogP contribution in [0, 0.1) is 10.1 Å². The van der Waals surface area contributed by atoms with Crippen LogP contribution in [0.4, 0.5) is 5.69 Å². The number of carbonyl (C=O) groups excluding carboxylic acids is 1. The molecule has 150 valence electrons. The third-order valence-electron chi connectivity index (χ3n) is 4.10. The van der Waals surface area contributed by atoms with Gasteiger partial charge < -0.3 is 25.4 Å². The molecule has 0 aromatic heterocycles. The van der Waals surface area contributed by atoms with E-state index in [4.69, 9.17) is 9.47 Å². The van der Waals surface area contributed by atoms with Crippen molar-refractivity contribution in [3.8, 4) is 11.5 Å². The normalized spacial score (nSPS) is 17.4. The first-order chi connectivity index (χ1) is 13.1. The Bertz CT molecular complexity index is 616. The molecule has 1 aromatic carbocycles. The van der Waals surface area contributed by atoms with Crippen molar-refractivity contribution in [2.75, 3.05) is 66.0 Å². The monoisotopic (exact) mass is 381 g/mol. The van der Waals surface area contributed by atoms with Gasteiger partial charge in [-0.15, -0.1) is 0 Å². The van der Waals surface area contributed by atoms with E-state index in [1.165, 1.54) is 25.3 Å². The third kappa shape index (κ3) is 7.47. The van der Waals surface area contributed by atoms with E-state index in [2.05, 4.69) is 16.0 Å². The van der Waals surface area contributed by atoms with E-state index < -0.39 is 10.9 Å². The highest BCUT2D eigenvalue weighted by Gasteiger charge is 2.18. The van der Waals surface area contributed by atoms with Crippen LogP contribution in [0.5, 0.6) is 11.5 Å². The summed E-state index contributed by atoms with van der Waals surface area (Å²) in [7, 11) is 1.42. The van der Waals surface area contributed by atoms with Crippen LogP contribution in [-0.4, -0.2) is 81.8 Å². The van der Waals surface area contributed by atoms with Gasteiger partial charge in [-0.25, -0.2) is 0 Å². The Hall–Kier alpha value is -2.27. The Balaban J connectivity index is 1.95. The number of methoxy groups -OCH3 is 1. The van der Waals surface area contributed by atoms with Crippen molar-refractivity contribution in [3.63, 3.8) is 0 Å². The summed E-state index contributed by atoms with van der Waals surface area (Å²) in [5, 5.41) is 20.9. The lowest BCUT2D eigenvalue weighted by molar-refractivity contribution is -0.384. The first kappa shape index (κ1) is 21.0. The van der Waals surface area contributed by atoms with Gasteiger partial charge in [-0.2, -0.15) is 0 Å². The zero-order valence-corrected chi connectivity index (χ0v) is 15.5. The number of nitro benzene ring substituents is 1. The molecule has 3 N–H and O–H groups in total. The minimum atomic E-state index is -0.542. The Labute approximate surface area is 158 Å². The van der Waals surface area contributed by atoms with E-state index in [1.807, 2.05) is 4.90 Å². The summed E-state index contributed by atoms with van der Waals surface area (Å²) in [6.45, 7) is 6.53. The molecule has 0 aliphatic carbocycles. The number of rotatable bonds is 5. The van der Waals surface area contributed by atoms with Crippen LogP contribution < -0.4 is 25.4 Å². The molecule has 1 fully saturated rings. The van der Waals surface area contributed by atoms with E-state index in [0.717, 1.165) is 39.3 Å². The minimum absolute atomic E-state index is 0.0494. The van der Waals surface area contributed by atoms with Crippen molar-refractivity contribution in [1.29, 1.82) is 0 Å². The molecule has 0 amide bonds. The molecule has 2 rings (SSSR count). The second-order valence-corrected chi connectivity index (χ2v) is 6.09. The van der Waals surface area contributed by atoms with Crippen LogP contribution in [0.3, 0.4) is 0 Å². The minimum Gasteiger partial charge on any atom is -0.493 e. The lowest BCUT2D eigenvalue weighted by Gasteiger charge is -2.22. The van der Waals surface area contributed by atoms with Crippen LogP contribution in [0.25, 0.3) is 0 Å². The lowest BCUT2D eigenvalue weighted by atomic mass is 10.3. The summed E-state index contributed by atoms with van der Waals surface area (Å²) >= 11 is 0. The summed E-state index contributed by atoms with van der Waals surface area (Å²) in [5.74, 6) is -0.158. The van der Waals surface area contributed by atoms with Crippen LogP contribution in [0.15, 0.2) is 18.2 Å². The average molecular weight is 381 g/mol. The van der Waals surface area contributed by atoms with Gasteiger partial charge >= 0.3 is 5.97 Å². The Morgan fingerprint density at radius 1 is 1.07 bits per heavy atom. The van der Waals surface area contributed by atoms with Gasteiger partial charge in [0.05, 0.1) is 24.6 Å². The predicted octanol–water partition coefficient (Wildman–Crippen LogP) is -0.407. The fraction of sp³-hybridized carbons (Fsp3) is 0.588. The van der Waals surface area contributed by atoms with E-state index in [-0.39, 0.29) is 23.7 Å². The molecule has 0 unspecified atom stereocenters. The maximum Gasteiger partial charge on any atom is 0.325 e. The van der Waals surface area contributed by atoms with Crippen LogP contribution >= 0.6 is 0 Å². The number of hydrogen-bond donors (Lipinski definition) is 3. The first-order valence-corrected chi connectivity index (χ1v) is 8.98. The molecule has 0 atom stereocenters. The molecule has 0 bridgehead atoms. The number of carbonyl (C=O) groups is 1. The van der Waals surface area contributed by atoms with Crippen molar-refractivity contribution in [2.24, 2.45) is 0 Å². The van der Waals surface area contributed by atoms with Gasteiger partial charge in [0, 0.05) is 58.4 Å².